The zero-order valence-corrected chi connectivity index (χ0v) is 11.3. The van der Waals surface area contributed by atoms with Crippen molar-refractivity contribution in [2.75, 3.05) is 0 Å². The molecule has 1 atom stereocenters. The highest BCUT2D eigenvalue weighted by Gasteiger charge is 2.27. The van der Waals surface area contributed by atoms with Crippen LogP contribution in [0.2, 0.25) is 0 Å². The molecular formula is C15H30. The van der Waals surface area contributed by atoms with Crippen LogP contribution < -0.4 is 0 Å². The Bertz CT molecular complexity index is 151. The van der Waals surface area contributed by atoms with Crippen molar-refractivity contribution in [2.24, 2.45) is 23.7 Å². The Morgan fingerprint density at radius 1 is 0.933 bits per heavy atom. The molecule has 0 aromatic carbocycles. The van der Waals surface area contributed by atoms with E-state index >= 15 is 0 Å². The molecule has 1 saturated carbocycles. The normalized spacial score (nSPS) is 29.4. The van der Waals surface area contributed by atoms with Crippen LogP contribution in [0, 0.1) is 23.7 Å². The van der Waals surface area contributed by atoms with Gasteiger partial charge in [-0.25, -0.2) is 0 Å². The standard InChI is InChI=1S/C15H30/c1-5-7-13(6-2)15-10-8-14(9-11-15)12(3)4/h12-15H,5-11H2,1-4H3. The smallest absolute Gasteiger partial charge is 0.0386 e. The minimum absolute atomic E-state index is 0.914. The largest absolute Gasteiger partial charge is 0.0654 e. The third-order valence-electron chi connectivity index (χ3n) is 4.61. The highest BCUT2D eigenvalue weighted by molar-refractivity contribution is 4.78. The molecule has 0 aliphatic heterocycles. The summed E-state index contributed by atoms with van der Waals surface area (Å²) in [5.41, 5.74) is 0. The Hall–Kier alpha value is 0. The van der Waals surface area contributed by atoms with E-state index in [1.165, 1.54) is 44.9 Å². The fraction of sp³-hybridized carbons (Fsp3) is 1.00. The molecule has 1 fully saturated rings. The summed E-state index contributed by atoms with van der Waals surface area (Å²) >= 11 is 0. The van der Waals surface area contributed by atoms with E-state index in [1.807, 2.05) is 0 Å². The Kier molecular flexibility index (Phi) is 5.71. The SMILES string of the molecule is CCCC(CC)C1CCC(C(C)C)CC1. The lowest BCUT2D eigenvalue weighted by atomic mass is 9.71. The van der Waals surface area contributed by atoms with Crippen LogP contribution in [0.4, 0.5) is 0 Å². The quantitative estimate of drug-likeness (QED) is 0.579. The van der Waals surface area contributed by atoms with E-state index in [-0.39, 0.29) is 0 Å². The zero-order chi connectivity index (χ0) is 11.3. The molecule has 1 aliphatic rings. The molecular weight excluding hydrogens is 180 g/mol. The van der Waals surface area contributed by atoms with Crippen molar-refractivity contribution in [1.82, 2.24) is 0 Å². The van der Waals surface area contributed by atoms with Crippen molar-refractivity contribution in [3.63, 3.8) is 0 Å². The molecule has 0 aromatic heterocycles. The van der Waals surface area contributed by atoms with Crippen molar-refractivity contribution in [3.05, 3.63) is 0 Å². The van der Waals surface area contributed by atoms with E-state index in [1.54, 1.807) is 0 Å². The van der Waals surface area contributed by atoms with Gasteiger partial charge in [0, 0.05) is 0 Å². The molecule has 0 amide bonds. The van der Waals surface area contributed by atoms with Crippen LogP contribution in [0.5, 0.6) is 0 Å². The molecule has 1 rings (SSSR count). The third-order valence-corrected chi connectivity index (χ3v) is 4.61. The van der Waals surface area contributed by atoms with Gasteiger partial charge in [0.05, 0.1) is 0 Å². The van der Waals surface area contributed by atoms with Gasteiger partial charge in [0.1, 0.15) is 0 Å². The summed E-state index contributed by atoms with van der Waals surface area (Å²) in [6.45, 7) is 9.51. The lowest BCUT2D eigenvalue weighted by Gasteiger charge is -2.35. The van der Waals surface area contributed by atoms with Crippen LogP contribution in [0.3, 0.4) is 0 Å². The van der Waals surface area contributed by atoms with Gasteiger partial charge in [-0.2, -0.15) is 0 Å². The van der Waals surface area contributed by atoms with E-state index in [0.29, 0.717) is 0 Å². The Morgan fingerprint density at radius 2 is 1.47 bits per heavy atom. The first-order chi connectivity index (χ1) is 7.19. The van der Waals surface area contributed by atoms with E-state index in [2.05, 4.69) is 27.7 Å². The van der Waals surface area contributed by atoms with Gasteiger partial charge in [-0.1, -0.05) is 47.0 Å². The van der Waals surface area contributed by atoms with Crippen LogP contribution in [0.15, 0.2) is 0 Å². The second-order valence-corrected chi connectivity index (χ2v) is 5.88. The van der Waals surface area contributed by atoms with Crippen LogP contribution in [0.1, 0.15) is 72.6 Å². The zero-order valence-electron chi connectivity index (χ0n) is 11.3. The second kappa shape index (κ2) is 6.55. The van der Waals surface area contributed by atoms with E-state index in [0.717, 1.165) is 23.7 Å². The maximum atomic E-state index is 2.40. The summed E-state index contributed by atoms with van der Waals surface area (Å²) in [4.78, 5) is 0. The first-order valence-corrected chi connectivity index (χ1v) is 7.19. The number of hydrogen-bond acceptors (Lipinski definition) is 0. The average molecular weight is 210 g/mol. The molecule has 1 unspecified atom stereocenters. The Balaban J connectivity index is 2.35. The fourth-order valence-electron chi connectivity index (χ4n) is 3.43. The molecule has 90 valence electrons. The van der Waals surface area contributed by atoms with Crippen LogP contribution in [0.25, 0.3) is 0 Å². The predicted molar refractivity (Wildman–Crippen MR) is 69.0 cm³/mol. The van der Waals surface area contributed by atoms with Crippen LogP contribution >= 0.6 is 0 Å². The number of rotatable bonds is 5. The van der Waals surface area contributed by atoms with E-state index in [4.69, 9.17) is 0 Å². The van der Waals surface area contributed by atoms with Gasteiger partial charge < -0.3 is 0 Å². The monoisotopic (exact) mass is 210 g/mol. The molecule has 0 N–H and O–H groups in total. The molecule has 0 heteroatoms. The van der Waals surface area contributed by atoms with Crippen LogP contribution in [-0.2, 0) is 0 Å². The average Bonchev–Trinajstić information content (AvgIpc) is 2.26. The van der Waals surface area contributed by atoms with Gasteiger partial charge in [0.15, 0.2) is 0 Å². The Labute approximate surface area is 96.8 Å². The van der Waals surface area contributed by atoms with Gasteiger partial charge in [-0.15, -0.1) is 0 Å². The highest BCUT2D eigenvalue weighted by atomic mass is 14.3. The van der Waals surface area contributed by atoms with Gasteiger partial charge in [-0.3, -0.25) is 0 Å². The molecule has 0 radical (unpaired) electrons. The maximum Gasteiger partial charge on any atom is -0.0386 e. The second-order valence-electron chi connectivity index (χ2n) is 5.88. The fourth-order valence-corrected chi connectivity index (χ4v) is 3.43. The van der Waals surface area contributed by atoms with Crippen molar-refractivity contribution < 1.29 is 0 Å². The van der Waals surface area contributed by atoms with Gasteiger partial charge in [-0.05, 0) is 49.4 Å². The highest BCUT2D eigenvalue weighted by Crippen LogP contribution is 2.39. The lowest BCUT2D eigenvalue weighted by molar-refractivity contribution is 0.165. The van der Waals surface area contributed by atoms with E-state index in [9.17, 15) is 0 Å². The summed E-state index contributed by atoms with van der Waals surface area (Å²) in [7, 11) is 0. The summed E-state index contributed by atoms with van der Waals surface area (Å²) in [5, 5.41) is 0. The summed E-state index contributed by atoms with van der Waals surface area (Å²) in [6.07, 6.45) is 10.3. The minimum Gasteiger partial charge on any atom is -0.0654 e. The molecule has 0 saturated heterocycles. The van der Waals surface area contributed by atoms with Gasteiger partial charge in [0.2, 0.25) is 0 Å². The topological polar surface area (TPSA) is 0 Å². The Morgan fingerprint density at radius 3 is 1.87 bits per heavy atom. The minimum atomic E-state index is 0.914. The first-order valence-electron chi connectivity index (χ1n) is 7.19. The molecule has 0 heterocycles. The third kappa shape index (κ3) is 3.81. The van der Waals surface area contributed by atoms with Crippen molar-refractivity contribution in [3.8, 4) is 0 Å². The van der Waals surface area contributed by atoms with Crippen molar-refractivity contribution in [1.29, 1.82) is 0 Å². The molecule has 0 nitrogen and oxygen atoms in total. The van der Waals surface area contributed by atoms with Crippen molar-refractivity contribution >= 4 is 0 Å². The van der Waals surface area contributed by atoms with E-state index < -0.39 is 0 Å². The van der Waals surface area contributed by atoms with Crippen molar-refractivity contribution in [2.45, 2.75) is 72.6 Å². The molecule has 0 aromatic rings. The van der Waals surface area contributed by atoms with Gasteiger partial charge >= 0.3 is 0 Å². The summed E-state index contributed by atoms with van der Waals surface area (Å²) in [5.74, 6) is 4.03. The molecule has 15 heavy (non-hydrogen) atoms. The molecule has 0 spiro atoms. The predicted octanol–water partition coefficient (Wildman–Crippen LogP) is 5.28. The summed E-state index contributed by atoms with van der Waals surface area (Å²) in [6, 6.07) is 0. The lowest BCUT2D eigenvalue weighted by Crippen LogP contribution is -2.23. The molecule has 0 bridgehead atoms. The maximum absolute atomic E-state index is 2.40. The first kappa shape index (κ1) is 13.1. The summed E-state index contributed by atoms with van der Waals surface area (Å²) < 4.78 is 0. The van der Waals surface area contributed by atoms with Crippen LogP contribution in [-0.4, -0.2) is 0 Å². The molecule has 1 aliphatic carbocycles. The van der Waals surface area contributed by atoms with Gasteiger partial charge in [0.25, 0.3) is 0 Å². The number of hydrogen-bond donors (Lipinski definition) is 0.